The van der Waals surface area contributed by atoms with Crippen LogP contribution in [0.25, 0.3) is 0 Å². The largest absolute Gasteiger partial charge is 0.389 e. The van der Waals surface area contributed by atoms with Crippen LogP contribution in [0.2, 0.25) is 0 Å². The zero-order valence-corrected chi connectivity index (χ0v) is 7.89. The molecule has 4 nitrogen and oxygen atoms in total. The summed E-state index contributed by atoms with van der Waals surface area (Å²) in [5.74, 6) is -0.657. The van der Waals surface area contributed by atoms with E-state index < -0.39 is 18.0 Å². The van der Waals surface area contributed by atoms with Gasteiger partial charge in [0.05, 0.1) is 11.7 Å². The number of halogens is 1. The van der Waals surface area contributed by atoms with Crippen LogP contribution in [0.15, 0.2) is 18.2 Å². The van der Waals surface area contributed by atoms with E-state index in [1.807, 2.05) is 0 Å². The molecule has 1 aromatic rings. The van der Waals surface area contributed by atoms with Crippen molar-refractivity contribution >= 4 is 0 Å². The molecular weight excluding hydrogens is 199 g/mol. The molecule has 0 heterocycles. The third-order valence-corrected chi connectivity index (χ3v) is 2.06. The lowest BCUT2D eigenvalue weighted by atomic mass is 10.0. The number of hydrogen-bond acceptors (Lipinski definition) is 4. The first-order valence-corrected chi connectivity index (χ1v) is 4.36. The van der Waals surface area contributed by atoms with Crippen LogP contribution in [0.1, 0.15) is 17.2 Å². The standard InChI is InChI=1S/C10H11FN2O2/c11-8-2-1-6(3-7(8)4-12)10(15)9(14)5-13/h1-3,9-10,14-15H,5,13H2. The Morgan fingerprint density at radius 1 is 1.47 bits per heavy atom. The summed E-state index contributed by atoms with van der Waals surface area (Å²) in [5, 5.41) is 27.4. The van der Waals surface area contributed by atoms with Gasteiger partial charge in [-0.15, -0.1) is 0 Å². The van der Waals surface area contributed by atoms with E-state index in [1.54, 1.807) is 6.07 Å². The Bertz CT molecular complexity index is 389. The van der Waals surface area contributed by atoms with Gasteiger partial charge in [-0.05, 0) is 17.7 Å². The fraction of sp³-hybridized carbons (Fsp3) is 0.300. The minimum Gasteiger partial charge on any atom is -0.389 e. The van der Waals surface area contributed by atoms with Crippen LogP contribution >= 0.6 is 0 Å². The molecule has 0 amide bonds. The molecule has 0 radical (unpaired) electrons. The number of nitriles is 1. The predicted octanol–water partition coefficient (Wildman–Crippen LogP) is 0.0504. The first kappa shape index (κ1) is 11.6. The minimum absolute atomic E-state index is 0.111. The number of aliphatic hydroxyl groups is 2. The molecule has 0 fully saturated rings. The van der Waals surface area contributed by atoms with Gasteiger partial charge in [0.2, 0.25) is 0 Å². The highest BCUT2D eigenvalue weighted by Crippen LogP contribution is 2.19. The number of nitrogens with zero attached hydrogens (tertiary/aromatic N) is 1. The van der Waals surface area contributed by atoms with Gasteiger partial charge in [-0.25, -0.2) is 4.39 Å². The highest BCUT2D eigenvalue weighted by Gasteiger charge is 2.17. The monoisotopic (exact) mass is 210 g/mol. The second-order valence-electron chi connectivity index (χ2n) is 3.10. The van der Waals surface area contributed by atoms with Crippen molar-refractivity contribution < 1.29 is 14.6 Å². The van der Waals surface area contributed by atoms with Crippen LogP contribution in [0.4, 0.5) is 4.39 Å². The molecule has 0 aliphatic heterocycles. The Morgan fingerprint density at radius 2 is 2.13 bits per heavy atom. The Labute approximate surface area is 86.4 Å². The van der Waals surface area contributed by atoms with Crippen molar-refractivity contribution in [3.8, 4) is 6.07 Å². The number of nitrogens with two attached hydrogens (primary N) is 1. The van der Waals surface area contributed by atoms with Gasteiger partial charge < -0.3 is 15.9 Å². The van der Waals surface area contributed by atoms with Crippen molar-refractivity contribution in [2.75, 3.05) is 6.54 Å². The first-order valence-electron chi connectivity index (χ1n) is 4.36. The van der Waals surface area contributed by atoms with Crippen LogP contribution in [0.5, 0.6) is 0 Å². The summed E-state index contributed by atoms with van der Waals surface area (Å²) in [6, 6.07) is 5.22. The summed E-state index contributed by atoms with van der Waals surface area (Å²) in [5.41, 5.74) is 5.26. The van der Waals surface area contributed by atoms with Gasteiger partial charge >= 0.3 is 0 Å². The number of hydrogen-bond donors (Lipinski definition) is 3. The Morgan fingerprint density at radius 3 is 2.67 bits per heavy atom. The first-order chi connectivity index (χ1) is 7.10. The molecule has 2 unspecified atom stereocenters. The van der Waals surface area contributed by atoms with Crippen molar-refractivity contribution in [3.63, 3.8) is 0 Å². The zero-order valence-electron chi connectivity index (χ0n) is 7.89. The Hall–Kier alpha value is -1.48. The van der Waals surface area contributed by atoms with Crippen molar-refractivity contribution in [2.45, 2.75) is 12.2 Å². The number of benzene rings is 1. The zero-order chi connectivity index (χ0) is 11.4. The van der Waals surface area contributed by atoms with Crippen molar-refractivity contribution in [2.24, 2.45) is 5.73 Å². The van der Waals surface area contributed by atoms with Crippen molar-refractivity contribution in [3.05, 3.63) is 35.1 Å². The van der Waals surface area contributed by atoms with Gasteiger partial charge in [0, 0.05) is 6.54 Å². The maximum Gasteiger partial charge on any atom is 0.140 e. The molecule has 5 heteroatoms. The molecule has 0 aliphatic carbocycles. The normalized spacial score (nSPS) is 14.3. The SMILES string of the molecule is N#Cc1cc(C(O)C(O)CN)ccc1F. The van der Waals surface area contributed by atoms with E-state index in [0.717, 1.165) is 6.07 Å². The number of rotatable bonds is 3. The molecule has 4 N–H and O–H groups in total. The lowest BCUT2D eigenvalue weighted by Crippen LogP contribution is -2.27. The van der Waals surface area contributed by atoms with E-state index in [4.69, 9.17) is 11.0 Å². The van der Waals surface area contributed by atoms with Crippen LogP contribution in [0.3, 0.4) is 0 Å². The maximum absolute atomic E-state index is 12.9. The van der Waals surface area contributed by atoms with Crippen LogP contribution < -0.4 is 5.73 Å². The Balaban J connectivity index is 3.02. The second-order valence-corrected chi connectivity index (χ2v) is 3.10. The molecule has 0 spiro atoms. The average molecular weight is 210 g/mol. The average Bonchev–Trinajstić information content (AvgIpc) is 2.27. The molecule has 2 atom stereocenters. The quantitative estimate of drug-likeness (QED) is 0.657. The van der Waals surface area contributed by atoms with E-state index in [2.05, 4.69) is 0 Å². The van der Waals surface area contributed by atoms with E-state index in [9.17, 15) is 14.6 Å². The molecule has 0 bridgehead atoms. The topological polar surface area (TPSA) is 90.3 Å². The fourth-order valence-electron chi connectivity index (χ4n) is 1.16. The lowest BCUT2D eigenvalue weighted by Gasteiger charge is -2.16. The van der Waals surface area contributed by atoms with Gasteiger partial charge in [-0.2, -0.15) is 5.26 Å². The third kappa shape index (κ3) is 2.50. The summed E-state index contributed by atoms with van der Waals surface area (Å²) in [6.07, 6.45) is -2.33. The molecule has 0 aliphatic rings. The Kier molecular flexibility index (Phi) is 3.74. The van der Waals surface area contributed by atoms with Crippen molar-refractivity contribution in [1.29, 1.82) is 5.26 Å². The van der Waals surface area contributed by atoms with E-state index in [0.29, 0.717) is 0 Å². The van der Waals surface area contributed by atoms with Crippen LogP contribution in [-0.2, 0) is 0 Å². The highest BCUT2D eigenvalue weighted by molar-refractivity contribution is 5.35. The molecular formula is C10H11FN2O2. The third-order valence-electron chi connectivity index (χ3n) is 2.06. The molecule has 0 saturated carbocycles. The summed E-state index contributed by atoms with van der Waals surface area (Å²) in [6.45, 7) is -0.111. The molecule has 15 heavy (non-hydrogen) atoms. The summed E-state index contributed by atoms with van der Waals surface area (Å²) < 4.78 is 12.9. The van der Waals surface area contributed by atoms with Gasteiger partial charge in [0.1, 0.15) is 18.0 Å². The molecule has 0 saturated heterocycles. The molecule has 80 valence electrons. The summed E-state index contributed by atoms with van der Waals surface area (Å²) >= 11 is 0. The van der Waals surface area contributed by atoms with Gasteiger partial charge in [-0.3, -0.25) is 0 Å². The van der Waals surface area contributed by atoms with Gasteiger partial charge in [0.15, 0.2) is 0 Å². The van der Waals surface area contributed by atoms with Gasteiger partial charge in [-0.1, -0.05) is 6.07 Å². The smallest absolute Gasteiger partial charge is 0.140 e. The fourth-order valence-corrected chi connectivity index (χ4v) is 1.16. The predicted molar refractivity (Wildman–Crippen MR) is 51.1 cm³/mol. The van der Waals surface area contributed by atoms with Crippen LogP contribution in [-0.4, -0.2) is 22.9 Å². The number of aliphatic hydroxyl groups excluding tert-OH is 2. The van der Waals surface area contributed by atoms with Crippen molar-refractivity contribution in [1.82, 2.24) is 0 Å². The summed E-state index contributed by atoms with van der Waals surface area (Å²) in [7, 11) is 0. The molecule has 0 aromatic heterocycles. The summed E-state index contributed by atoms with van der Waals surface area (Å²) in [4.78, 5) is 0. The molecule has 1 aromatic carbocycles. The minimum atomic E-state index is -1.21. The maximum atomic E-state index is 12.9. The second kappa shape index (κ2) is 4.84. The van der Waals surface area contributed by atoms with E-state index in [-0.39, 0.29) is 17.7 Å². The van der Waals surface area contributed by atoms with E-state index >= 15 is 0 Å². The van der Waals surface area contributed by atoms with Gasteiger partial charge in [0.25, 0.3) is 0 Å². The highest BCUT2D eigenvalue weighted by atomic mass is 19.1. The van der Waals surface area contributed by atoms with Crippen LogP contribution in [0, 0.1) is 17.1 Å². The molecule has 1 rings (SSSR count). The lowest BCUT2D eigenvalue weighted by molar-refractivity contribution is 0.0243. The van der Waals surface area contributed by atoms with E-state index in [1.165, 1.54) is 12.1 Å².